The summed E-state index contributed by atoms with van der Waals surface area (Å²) in [5.41, 5.74) is 0.538. The molecular weight excluding hydrogens is 262 g/mol. The Morgan fingerprint density at radius 1 is 1.19 bits per heavy atom. The van der Waals surface area contributed by atoms with Crippen molar-refractivity contribution in [1.82, 2.24) is 14.9 Å². The van der Waals surface area contributed by atoms with Crippen LogP contribution in [0.25, 0.3) is 0 Å². The van der Waals surface area contributed by atoms with Crippen molar-refractivity contribution in [2.75, 3.05) is 19.7 Å². The number of aromatic nitrogens is 2. The van der Waals surface area contributed by atoms with Crippen LogP contribution >= 0.6 is 0 Å². The van der Waals surface area contributed by atoms with Gasteiger partial charge in [-0.15, -0.1) is 0 Å². The lowest BCUT2D eigenvalue weighted by Gasteiger charge is -2.58. The third-order valence-electron chi connectivity index (χ3n) is 6.07. The van der Waals surface area contributed by atoms with Gasteiger partial charge in [0.15, 0.2) is 0 Å². The maximum absolute atomic E-state index is 9.41. The van der Waals surface area contributed by atoms with Crippen molar-refractivity contribution < 1.29 is 5.11 Å². The van der Waals surface area contributed by atoms with E-state index in [9.17, 15) is 5.11 Å². The largest absolute Gasteiger partial charge is 0.395 e. The highest BCUT2D eigenvalue weighted by molar-refractivity contribution is 5.03. The predicted molar refractivity (Wildman–Crippen MR) is 81.6 cm³/mol. The van der Waals surface area contributed by atoms with Gasteiger partial charge in [-0.1, -0.05) is 0 Å². The third kappa shape index (κ3) is 2.76. The number of nitrogens with one attached hydrogen (secondary N) is 1. The molecule has 0 radical (unpaired) electrons. The second-order valence-corrected chi connectivity index (χ2v) is 7.89. The summed E-state index contributed by atoms with van der Waals surface area (Å²) >= 11 is 0. The summed E-state index contributed by atoms with van der Waals surface area (Å²) in [5, 5.41) is 9.41. The molecule has 0 aliphatic heterocycles. The molecular formula is C17H27N3O. The number of aliphatic hydroxyl groups is 1. The van der Waals surface area contributed by atoms with E-state index in [0.717, 1.165) is 43.2 Å². The first-order valence-electron chi connectivity index (χ1n) is 8.56. The Bertz CT molecular complexity index is 435. The monoisotopic (exact) mass is 289 g/mol. The molecule has 4 aliphatic rings. The second-order valence-electron chi connectivity index (χ2n) is 7.89. The van der Waals surface area contributed by atoms with E-state index < -0.39 is 0 Å². The number of hydrogen-bond acceptors (Lipinski definition) is 3. The smallest absolute Gasteiger partial charge is 0.120 e. The molecule has 116 valence electrons. The van der Waals surface area contributed by atoms with Crippen LogP contribution in [-0.2, 0) is 6.54 Å². The van der Waals surface area contributed by atoms with E-state index in [1.165, 1.54) is 38.5 Å². The van der Waals surface area contributed by atoms with Crippen molar-refractivity contribution in [3.05, 3.63) is 18.2 Å². The Hall–Kier alpha value is -0.870. The van der Waals surface area contributed by atoms with Crippen molar-refractivity contribution in [3.8, 4) is 0 Å². The van der Waals surface area contributed by atoms with Crippen LogP contribution in [0.2, 0.25) is 0 Å². The third-order valence-corrected chi connectivity index (χ3v) is 6.07. The summed E-state index contributed by atoms with van der Waals surface area (Å²) in [4.78, 5) is 9.98. The fourth-order valence-electron chi connectivity index (χ4n) is 5.91. The average molecular weight is 289 g/mol. The van der Waals surface area contributed by atoms with Crippen LogP contribution in [0.5, 0.6) is 0 Å². The standard InChI is InChI=1S/C17H27N3O/c21-4-3-20(11-16-18-1-2-19-16)12-17-8-13-5-14(9-17)7-15(6-13)10-17/h1-2,13-15,21H,3-12H2,(H,18,19). The molecule has 4 aliphatic carbocycles. The van der Waals surface area contributed by atoms with E-state index in [2.05, 4.69) is 14.9 Å². The molecule has 0 saturated heterocycles. The van der Waals surface area contributed by atoms with Crippen molar-refractivity contribution in [2.45, 2.75) is 45.1 Å². The first kappa shape index (κ1) is 13.8. The summed E-state index contributed by atoms with van der Waals surface area (Å²) < 4.78 is 0. The minimum Gasteiger partial charge on any atom is -0.395 e. The molecule has 4 fully saturated rings. The molecule has 1 aromatic heterocycles. The number of H-pyrrole nitrogens is 1. The zero-order chi connectivity index (χ0) is 14.3. The van der Waals surface area contributed by atoms with Crippen LogP contribution in [0.15, 0.2) is 12.4 Å². The normalized spacial score (nSPS) is 37.5. The molecule has 0 spiro atoms. The highest BCUT2D eigenvalue weighted by atomic mass is 16.3. The lowest BCUT2D eigenvalue weighted by Crippen LogP contribution is -2.51. The van der Waals surface area contributed by atoms with Gasteiger partial charge in [-0.3, -0.25) is 4.90 Å². The van der Waals surface area contributed by atoms with Gasteiger partial charge >= 0.3 is 0 Å². The summed E-state index contributed by atoms with van der Waals surface area (Å²) in [6.45, 7) is 3.00. The van der Waals surface area contributed by atoms with E-state index in [4.69, 9.17) is 0 Å². The Kier molecular flexibility index (Phi) is 3.54. The number of rotatable bonds is 6. The molecule has 0 amide bonds. The van der Waals surface area contributed by atoms with E-state index in [1.807, 2.05) is 12.4 Å². The number of aliphatic hydroxyl groups excluding tert-OH is 1. The van der Waals surface area contributed by atoms with Crippen LogP contribution in [0, 0.1) is 23.2 Å². The lowest BCUT2D eigenvalue weighted by atomic mass is 9.49. The molecule has 1 heterocycles. The van der Waals surface area contributed by atoms with E-state index in [0.29, 0.717) is 5.41 Å². The molecule has 4 bridgehead atoms. The molecule has 4 heteroatoms. The van der Waals surface area contributed by atoms with Crippen LogP contribution in [-0.4, -0.2) is 39.7 Å². The van der Waals surface area contributed by atoms with Gasteiger partial charge < -0.3 is 10.1 Å². The van der Waals surface area contributed by atoms with Crippen molar-refractivity contribution in [3.63, 3.8) is 0 Å². The fraction of sp³-hybridized carbons (Fsp3) is 0.824. The van der Waals surface area contributed by atoms with E-state index in [-0.39, 0.29) is 6.61 Å². The van der Waals surface area contributed by atoms with Crippen molar-refractivity contribution in [2.24, 2.45) is 23.2 Å². The summed E-state index contributed by atoms with van der Waals surface area (Å²) in [6.07, 6.45) is 12.5. The van der Waals surface area contributed by atoms with E-state index >= 15 is 0 Å². The molecule has 1 aromatic rings. The van der Waals surface area contributed by atoms with Gasteiger partial charge in [0.05, 0.1) is 13.2 Å². The first-order valence-corrected chi connectivity index (χ1v) is 8.56. The molecule has 4 nitrogen and oxygen atoms in total. The minimum atomic E-state index is 0.243. The highest BCUT2D eigenvalue weighted by Crippen LogP contribution is 2.60. The number of aromatic amines is 1. The number of nitrogens with zero attached hydrogens (tertiary/aromatic N) is 2. The molecule has 0 atom stereocenters. The highest BCUT2D eigenvalue weighted by Gasteiger charge is 2.51. The summed E-state index contributed by atoms with van der Waals surface area (Å²) in [5.74, 6) is 4.01. The summed E-state index contributed by atoms with van der Waals surface area (Å²) in [7, 11) is 0. The topological polar surface area (TPSA) is 52.1 Å². The molecule has 0 unspecified atom stereocenters. The first-order chi connectivity index (χ1) is 10.2. The van der Waals surface area contributed by atoms with Crippen LogP contribution in [0.3, 0.4) is 0 Å². The van der Waals surface area contributed by atoms with Gasteiger partial charge in [0.25, 0.3) is 0 Å². The molecule has 0 aromatic carbocycles. The van der Waals surface area contributed by atoms with Gasteiger partial charge in [-0.2, -0.15) is 0 Å². The van der Waals surface area contributed by atoms with Crippen molar-refractivity contribution >= 4 is 0 Å². The predicted octanol–water partition coefficient (Wildman–Crippen LogP) is 2.42. The molecule has 2 N–H and O–H groups in total. The Balaban J connectivity index is 1.47. The van der Waals surface area contributed by atoms with Crippen LogP contribution in [0.1, 0.15) is 44.3 Å². The van der Waals surface area contributed by atoms with Crippen molar-refractivity contribution in [1.29, 1.82) is 0 Å². The van der Waals surface area contributed by atoms with Gasteiger partial charge in [-0.05, 0) is 61.7 Å². The average Bonchev–Trinajstić information content (AvgIpc) is 2.89. The van der Waals surface area contributed by atoms with Gasteiger partial charge in [0.1, 0.15) is 5.82 Å². The maximum Gasteiger partial charge on any atom is 0.120 e. The number of imidazole rings is 1. The zero-order valence-corrected chi connectivity index (χ0v) is 12.8. The Labute approximate surface area is 127 Å². The second kappa shape index (κ2) is 5.40. The Morgan fingerprint density at radius 3 is 2.38 bits per heavy atom. The number of hydrogen-bond donors (Lipinski definition) is 2. The fourth-order valence-corrected chi connectivity index (χ4v) is 5.91. The zero-order valence-electron chi connectivity index (χ0n) is 12.8. The Morgan fingerprint density at radius 2 is 1.86 bits per heavy atom. The minimum absolute atomic E-state index is 0.243. The van der Waals surface area contributed by atoms with Crippen LogP contribution in [0.4, 0.5) is 0 Å². The summed E-state index contributed by atoms with van der Waals surface area (Å²) in [6, 6.07) is 0. The van der Waals surface area contributed by atoms with Gasteiger partial charge in [0, 0.05) is 25.5 Å². The van der Waals surface area contributed by atoms with Gasteiger partial charge in [0.2, 0.25) is 0 Å². The molecule has 21 heavy (non-hydrogen) atoms. The lowest BCUT2D eigenvalue weighted by molar-refractivity contribution is -0.0716. The SMILES string of the molecule is OCCN(Cc1ncc[nH]1)CC12CC3CC(CC(C3)C1)C2. The quantitative estimate of drug-likeness (QED) is 0.845. The van der Waals surface area contributed by atoms with Crippen LogP contribution < -0.4 is 0 Å². The molecule has 4 saturated carbocycles. The maximum atomic E-state index is 9.41. The van der Waals surface area contributed by atoms with Gasteiger partial charge in [-0.25, -0.2) is 4.98 Å². The molecule has 5 rings (SSSR count). The van der Waals surface area contributed by atoms with E-state index in [1.54, 1.807) is 0 Å².